The number of aromatic nitrogens is 7. The molecule has 0 aliphatic heterocycles. The Balaban J connectivity index is 1.58. The number of methoxy groups -OCH3 is 1. The zero-order valence-corrected chi connectivity index (χ0v) is 24.0. The topological polar surface area (TPSA) is 155 Å². The van der Waals surface area contributed by atoms with Crippen LogP contribution in [0.15, 0.2) is 34.5 Å². The van der Waals surface area contributed by atoms with Crippen LogP contribution in [0.2, 0.25) is 0 Å². The molecule has 0 unspecified atom stereocenters. The molecule has 0 radical (unpaired) electrons. The molecular formula is C27H32N8O4S. The summed E-state index contributed by atoms with van der Waals surface area (Å²) in [7, 11) is -1.84. The molecule has 1 N–H and O–H groups in total. The Bertz CT molecular complexity index is 1730. The minimum Gasteiger partial charge on any atom is -0.480 e. The van der Waals surface area contributed by atoms with Gasteiger partial charge in [-0.2, -0.15) is 0 Å². The van der Waals surface area contributed by atoms with Gasteiger partial charge in [0.25, 0.3) is 5.56 Å². The van der Waals surface area contributed by atoms with E-state index in [1.54, 1.807) is 24.7 Å². The predicted molar refractivity (Wildman–Crippen MR) is 150 cm³/mol. The first-order valence-electron chi connectivity index (χ1n) is 13.3. The van der Waals surface area contributed by atoms with E-state index in [1.165, 1.54) is 18.6 Å². The van der Waals surface area contributed by atoms with E-state index in [2.05, 4.69) is 25.3 Å². The average Bonchev–Trinajstić information content (AvgIpc) is 3.81. The van der Waals surface area contributed by atoms with Crippen LogP contribution in [0.3, 0.4) is 0 Å². The number of hydrogen-bond donors (Lipinski definition) is 1. The third-order valence-corrected chi connectivity index (χ3v) is 8.76. The number of aryl methyl sites for hydroxylation is 1. The first-order valence-corrected chi connectivity index (χ1v) is 14.9. The Morgan fingerprint density at radius 1 is 1.12 bits per heavy atom. The first-order chi connectivity index (χ1) is 19.2. The molecule has 4 aromatic heterocycles. The molecule has 1 fully saturated rings. The Labute approximate surface area is 232 Å². The highest BCUT2D eigenvalue weighted by Gasteiger charge is 2.32. The molecule has 4 heterocycles. The maximum absolute atomic E-state index is 13.7. The van der Waals surface area contributed by atoms with Gasteiger partial charge in [0.15, 0.2) is 32.2 Å². The van der Waals surface area contributed by atoms with Crippen molar-refractivity contribution >= 4 is 26.8 Å². The van der Waals surface area contributed by atoms with Crippen LogP contribution in [0, 0.1) is 6.92 Å². The molecule has 5 rings (SSSR count). The van der Waals surface area contributed by atoms with Crippen LogP contribution in [0.4, 0.5) is 5.82 Å². The van der Waals surface area contributed by atoms with Gasteiger partial charge in [0.2, 0.25) is 5.88 Å². The highest BCUT2D eigenvalue weighted by molar-refractivity contribution is 7.91. The second-order valence-electron chi connectivity index (χ2n) is 9.88. The summed E-state index contributed by atoms with van der Waals surface area (Å²) >= 11 is 0. The highest BCUT2D eigenvalue weighted by Crippen LogP contribution is 2.45. The number of pyridine rings is 1. The van der Waals surface area contributed by atoms with Gasteiger partial charge in [-0.25, -0.2) is 38.3 Å². The Kier molecular flexibility index (Phi) is 7.49. The van der Waals surface area contributed by atoms with E-state index >= 15 is 0 Å². The molecule has 0 amide bonds. The van der Waals surface area contributed by atoms with Gasteiger partial charge in [-0.15, -0.1) is 0 Å². The van der Waals surface area contributed by atoms with E-state index in [9.17, 15) is 13.2 Å². The van der Waals surface area contributed by atoms with Crippen molar-refractivity contribution in [2.24, 2.45) is 0 Å². The number of rotatable bonds is 10. The van der Waals surface area contributed by atoms with Gasteiger partial charge in [-0.3, -0.25) is 9.36 Å². The summed E-state index contributed by atoms with van der Waals surface area (Å²) in [4.78, 5) is 40.9. The van der Waals surface area contributed by atoms with E-state index in [0.717, 1.165) is 18.5 Å². The molecule has 13 heteroatoms. The standard InChI is InChI=1S/C27H32N8O4S/c1-6-15(3)35-25-21(16(4)32-23(34-25)20-22(18-9-10-18)30-14-31-26(20)39-5)33-24(27(35)36)29-13-17-8-11-19(28-12-17)40(37,38)7-2/h8,11-12,14-15,18H,6-7,9-10,13H2,1-5H3,(H,29,33)/t15-/m1/s1. The fourth-order valence-electron chi connectivity index (χ4n) is 4.49. The van der Waals surface area contributed by atoms with Crippen molar-refractivity contribution in [3.05, 3.63) is 52.0 Å². The third-order valence-electron chi connectivity index (χ3n) is 7.12. The lowest BCUT2D eigenvalue weighted by Gasteiger charge is -2.19. The second kappa shape index (κ2) is 10.9. The highest BCUT2D eigenvalue weighted by atomic mass is 32.2. The third kappa shape index (κ3) is 5.12. The quantitative estimate of drug-likeness (QED) is 0.300. The van der Waals surface area contributed by atoms with Crippen molar-refractivity contribution in [1.82, 2.24) is 34.5 Å². The first kappa shape index (κ1) is 27.6. The summed E-state index contributed by atoms with van der Waals surface area (Å²) in [5.41, 5.74) is 3.41. The fourth-order valence-corrected chi connectivity index (χ4v) is 5.27. The van der Waals surface area contributed by atoms with Gasteiger partial charge in [0, 0.05) is 24.7 Å². The van der Waals surface area contributed by atoms with Gasteiger partial charge in [0.1, 0.15) is 17.4 Å². The van der Waals surface area contributed by atoms with Gasteiger partial charge in [0.05, 0.1) is 24.3 Å². The summed E-state index contributed by atoms with van der Waals surface area (Å²) in [5.74, 6) is 1.22. The number of sulfone groups is 1. The van der Waals surface area contributed by atoms with Crippen molar-refractivity contribution in [2.45, 2.75) is 70.5 Å². The number of hydrogen-bond acceptors (Lipinski definition) is 11. The lowest BCUT2D eigenvalue weighted by Crippen LogP contribution is -2.29. The number of nitrogens with zero attached hydrogens (tertiary/aromatic N) is 7. The SMILES string of the molecule is CC[C@@H](C)n1c(=O)c(NCc2ccc(S(=O)(=O)CC)nc2)nc2c(C)nc(-c3c(OC)ncnc3C3CC3)nc21. The Morgan fingerprint density at radius 2 is 1.90 bits per heavy atom. The van der Waals surface area contributed by atoms with Crippen LogP contribution in [0.25, 0.3) is 22.6 Å². The molecule has 210 valence electrons. The van der Waals surface area contributed by atoms with E-state index in [1.807, 2.05) is 20.8 Å². The van der Waals surface area contributed by atoms with Crippen molar-refractivity contribution in [2.75, 3.05) is 18.2 Å². The van der Waals surface area contributed by atoms with E-state index < -0.39 is 9.84 Å². The van der Waals surface area contributed by atoms with Crippen LogP contribution in [0.1, 0.15) is 68.9 Å². The number of nitrogens with one attached hydrogen (secondary N) is 1. The molecule has 1 aliphatic carbocycles. The normalized spacial score (nSPS) is 14.3. The van der Waals surface area contributed by atoms with Gasteiger partial charge < -0.3 is 10.1 Å². The fraction of sp³-hybridized carbons (Fsp3) is 0.444. The Morgan fingerprint density at radius 3 is 2.52 bits per heavy atom. The summed E-state index contributed by atoms with van der Waals surface area (Å²) in [6.07, 6.45) is 5.72. The second-order valence-corrected chi connectivity index (χ2v) is 12.1. The lowest BCUT2D eigenvalue weighted by molar-refractivity contribution is 0.397. The number of ether oxygens (including phenoxy) is 1. The van der Waals surface area contributed by atoms with Crippen molar-refractivity contribution in [3.8, 4) is 17.3 Å². The molecule has 1 aliphatic rings. The zero-order valence-electron chi connectivity index (χ0n) is 23.2. The molecule has 0 bridgehead atoms. The minimum absolute atomic E-state index is 0.0237. The van der Waals surface area contributed by atoms with Gasteiger partial charge in [-0.05, 0) is 44.7 Å². The zero-order chi connectivity index (χ0) is 28.6. The molecule has 4 aromatic rings. The molecule has 0 saturated heterocycles. The van der Waals surface area contributed by atoms with Crippen LogP contribution < -0.4 is 15.6 Å². The molecule has 0 aromatic carbocycles. The minimum atomic E-state index is -3.40. The molecule has 12 nitrogen and oxygen atoms in total. The maximum atomic E-state index is 13.7. The molecular weight excluding hydrogens is 532 g/mol. The van der Waals surface area contributed by atoms with Crippen LogP contribution in [-0.4, -0.2) is 55.8 Å². The average molecular weight is 565 g/mol. The Hall–Kier alpha value is -4.00. The van der Waals surface area contributed by atoms with Crippen molar-refractivity contribution < 1.29 is 13.2 Å². The molecule has 1 saturated carbocycles. The molecule has 40 heavy (non-hydrogen) atoms. The summed E-state index contributed by atoms with van der Waals surface area (Å²) in [5, 5.41) is 3.13. The van der Waals surface area contributed by atoms with Gasteiger partial charge >= 0.3 is 0 Å². The lowest BCUT2D eigenvalue weighted by atomic mass is 10.1. The van der Waals surface area contributed by atoms with Crippen molar-refractivity contribution in [1.29, 1.82) is 0 Å². The van der Waals surface area contributed by atoms with E-state index in [0.29, 0.717) is 52.0 Å². The number of fused-ring (bicyclic) bond motifs is 1. The summed E-state index contributed by atoms with van der Waals surface area (Å²) in [6.45, 7) is 7.60. The van der Waals surface area contributed by atoms with E-state index in [-0.39, 0.29) is 34.7 Å². The molecule has 1 atom stereocenters. The smallest absolute Gasteiger partial charge is 0.295 e. The monoisotopic (exact) mass is 564 g/mol. The van der Waals surface area contributed by atoms with Crippen molar-refractivity contribution in [3.63, 3.8) is 0 Å². The van der Waals surface area contributed by atoms with E-state index in [4.69, 9.17) is 14.7 Å². The van der Waals surface area contributed by atoms with Crippen LogP contribution in [0.5, 0.6) is 5.88 Å². The van der Waals surface area contributed by atoms with Crippen LogP contribution in [-0.2, 0) is 16.4 Å². The van der Waals surface area contributed by atoms with Crippen LogP contribution >= 0.6 is 0 Å². The summed E-state index contributed by atoms with van der Waals surface area (Å²) < 4.78 is 31.3. The maximum Gasteiger partial charge on any atom is 0.295 e. The summed E-state index contributed by atoms with van der Waals surface area (Å²) in [6, 6.07) is 2.97. The number of anilines is 1. The predicted octanol–water partition coefficient (Wildman–Crippen LogP) is 3.61. The van der Waals surface area contributed by atoms with Gasteiger partial charge in [-0.1, -0.05) is 19.9 Å². The largest absolute Gasteiger partial charge is 0.480 e. The molecule has 0 spiro atoms.